The van der Waals surface area contributed by atoms with E-state index in [-0.39, 0.29) is 17.2 Å². The van der Waals surface area contributed by atoms with E-state index in [1.165, 1.54) is 19.3 Å². The number of hydrogen-bond donors (Lipinski definition) is 2. The third-order valence-electron chi connectivity index (χ3n) is 7.21. The highest BCUT2D eigenvalue weighted by Gasteiger charge is 2.54. The maximum atomic E-state index is 12.9. The van der Waals surface area contributed by atoms with Crippen LogP contribution in [0.3, 0.4) is 0 Å². The third kappa shape index (κ3) is 3.81. The molecule has 4 bridgehead atoms. The minimum Gasteiger partial charge on any atom is -0.486 e. The second kappa shape index (κ2) is 7.54. The zero-order valence-corrected chi connectivity index (χ0v) is 16.9. The Labute approximate surface area is 171 Å². The van der Waals surface area contributed by atoms with Gasteiger partial charge in [0.25, 0.3) is 0 Å². The molecule has 0 radical (unpaired) electrons. The summed E-state index contributed by atoms with van der Waals surface area (Å²) in [5.41, 5.74) is 0.597. The van der Waals surface area contributed by atoms with Crippen molar-refractivity contribution < 1.29 is 19.1 Å². The zero-order valence-electron chi connectivity index (χ0n) is 16.9. The summed E-state index contributed by atoms with van der Waals surface area (Å²) in [6.07, 6.45) is 8.29. The number of ether oxygens (including phenoxy) is 2. The molecule has 4 aliphatic carbocycles. The van der Waals surface area contributed by atoms with Crippen LogP contribution >= 0.6 is 0 Å². The number of carbonyl (C=O) groups excluding carboxylic acids is 2. The lowest BCUT2D eigenvalue weighted by atomic mass is 9.49. The van der Waals surface area contributed by atoms with Crippen molar-refractivity contribution in [3.05, 3.63) is 18.2 Å². The molecule has 1 aromatic carbocycles. The van der Waals surface area contributed by atoms with E-state index < -0.39 is 0 Å². The molecule has 2 N–H and O–H groups in total. The Hall–Kier alpha value is -2.24. The second-order valence-electron chi connectivity index (χ2n) is 9.46. The molecule has 1 heterocycles. The van der Waals surface area contributed by atoms with E-state index in [0.717, 1.165) is 37.0 Å². The van der Waals surface area contributed by atoms with Crippen molar-refractivity contribution >= 4 is 17.5 Å². The Morgan fingerprint density at radius 2 is 1.62 bits per heavy atom. The lowest BCUT2D eigenvalue weighted by molar-refractivity contribution is -0.146. The van der Waals surface area contributed by atoms with Gasteiger partial charge in [-0.15, -0.1) is 0 Å². The molecule has 0 unspecified atom stereocenters. The molecule has 0 aromatic heterocycles. The van der Waals surface area contributed by atoms with Crippen LogP contribution in [0.2, 0.25) is 0 Å². The van der Waals surface area contributed by atoms with Crippen LogP contribution in [0.4, 0.5) is 5.69 Å². The van der Waals surface area contributed by atoms with Gasteiger partial charge in [-0.25, -0.2) is 0 Å². The van der Waals surface area contributed by atoms with Gasteiger partial charge in [-0.1, -0.05) is 0 Å². The maximum Gasteiger partial charge on any atom is 0.226 e. The van der Waals surface area contributed by atoms with Gasteiger partial charge in [0.2, 0.25) is 11.8 Å². The van der Waals surface area contributed by atoms with Crippen molar-refractivity contribution in [3.8, 4) is 11.5 Å². The van der Waals surface area contributed by atoms with Crippen LogP contribution in [0, 0.1) is 23.2 Å². The second-order valence-corrected chi connectivity index (χ2v) is 9.46. The number of hydrogen-bond acceptors (Lipinski definition) is 4. The third-order valence-corrected chi connectivity index (χ3v) is 7.21. The lowest BCUT2D eigenvalue weighted by Crippen LogP contribution is -2.53. The molecule has 6 rings (SSSR count). The zero-order chi connectivity index (χ0) is 19.8. The van der Waals surface area contributed by atoms with Crippen molar-refractivity contribution in [3.63, 3.8) is 0 Å². The fourth-order valence-corrected chi connectivity index (χ4v) is 6.37. The minimum atomic E-state index is -0.109. The molecule has 5 aliphatic rings. The summed E-state index contributed by atoms with van der Waals surface area (Å²) in [5, 5.41) is 6.05. The molecule has 6 nitrogen and oxygen atoms in total. The Morgan fingerprint density at radius 3 is 2.31 bits per heavy atom. The molecule has 4 fully saturated rings. The number of carbonyl (C=O) groups is 2. The molecule has 1 aromatic rings. The molecule has 0 spiro atoms. The highest BCUT2D eigenvalue weighted by atomic mass is 16.6. The molecule has 0 atom stereocenters. The SMILES string of the molecule is O=C(CCCNC(=O)C12CC3CC(CC(C3)C1)C2)Nc1ccc2c(c1)OCCO2. The van der Waals surface area contributed by atoms with E-state index in [1.54, 1.807) is 6.07 Å². The first-order valence-corrected chi connectivity index (χ1v) is 11.1. The summed E-state index contributed by atoms with van der Waals surface area (Å²) in [6, 6.07) is 5.43. The van der Waals surface area contributed by atoms with Crippen LogP contribution in [0.5, 0.6) is 11.5 Å². The van der Waals surface area contributed by atoms with Crippen molar-refractivity contribution in [2.24, 2.45) is 23.2 Å². The number of amides is 2. The molecular formula is C23H30N2O4. The average molecular weight is 399 g/mol. The van der Waals surface area contributed by atoms with Crippen LogP contribution in [-0.4, -0.2) is 31.6 Å². The van der Waals surface area contributed by atoms with Crippen LogP contribution in [0.15, 0.2) is 18.2 Å². The standard InChI is InChI=1S/C23H30N2O4/c26-21(25-18-3-4-19-20(11-18)29-7-6-28-19)2-1-5-24-22(27)23-12-15-8-16(13-23)10-17(9-15)14-23/h3-4,11,15-17H,1-2,5-10,12-14H2,(H,24,27)(H,25,26). The summed E-state index contributed by atoms with van der Waals surface area (Å²) in [6.45, 7) is 1.64. The van der Waals surface area contributed by atoms with Gasteiger partial charge in [0, 0.05) is 30.1 Å². The van der Waals surface area contributed by atoms with Crippen molar-refractivity contribution in [1.82, 2.24) is 5.32 Å². The van der Waals surface area contributed by atoms with Crippen LogP contribution in [0.1, 0.15) is 51.4 Å². The van der Waals surface area contributed by atoms with Gasteiger partial charge in [0.1, 0.15) is 13.2 Å². The summed E-state index contributed by atoms with van der Waals surface area (Å²) < 4.78 is 11.0. The lowest BCUT2D eigenvalue weighted by Gasteiger charge is -2.55. The Balaban J connectivity index is 1.07. The van der Waals surface area contributed by atoms with Gasteiger partial charge in [-0.3, -0.25) is 9.59 Å². The van der Waals surface area contributed by atoms with Gasteiger partial charge in [0.05, 0.1) is 0 Å². The molecule has 156 valence electrons. The first-order valence-electron chi connectivity index (χ1n) is 11.1. The van der Waals surface area contributed by atoms with E-state index in [0.29, 0.717) is 49.8 Å². The van der Waals surface area contributed by atoms with E-state index in [2.05, 4.69) is 10.6 Å². The largest absolute Gasteiger partial charge is 0.486 e. The van der Waals surface area contributed by atoms with Crippen molar-refractivity contribution in [2.45, 2.75) is 51.4 Å². The number of nitrogens with one attached hydrogen (secondary N) is 2. The van der Waals surface area contributed by atoms with Crippen LogP contribution in [0.25, 0.3) is 0 Å². The highest BCUT2D eigenvalue weighted by Crippen LogP contribution is 2.60. The fourth-order valence-electron chi connectivity index (χ4n) is 6.37. The number of rotatable bonds is 6. The van der Waals surface area contributed by atoms with E-state index >= 15 is 0 Å². The first kappa shape index (κ1) is 18.8. The van der Waals surface area contributed by atoms with Crippen molar-refractivity contribution in [2.75, 3.05) is 25.1 Å². The predicted molar refractivity (Wildman–Crippen MR) is 109 cm³/mol. The predicted octanol–water partition coefficient (Wildman–Crippen LogP) is 3.51. The summed E-state index contributed by atoms with van der Waals surface area (Å²) in [5.74, 6) is 3.87. The Morgan fingerprint density at radius 1 is 0.966 bits per heavy atom. The molecule has 4 saturated carbocycles. The fraction of sp³-hybridized carbons (Fsp3) is 0.652. The monoisotopic (exact) mass is 398 g/mol. The average Bonchev–Trinajstić information content (AvgIpc) is 2.70. The van der Waals surface area contributed by atoms with Crippen LogP contribution < -0.4 is 20.1 Å². The molecule has 0 saturated heterocycles. The molecule has 29 heavy (non-hydrogen) atoms. The van der Waals surface area contributed by atoms with Crippen molar-refractivity contribution in [1.29, 1.82) is 0 Å². The number of anilines is 1. The maximum absolute atomic E-state index is 12.9. The molecule has 6 heteroatoms. The molecular weight excluding hydrogens is 368 g/mol. The molecule has 2 amide bonds. The Kier molecular flexibility index (Phi) is 4.88. The van der Waals surface area contributed by atoms with Gasteiger partial charge in [0.15, 0.2) is 11.5 Å². The smallest absolute Gasteiger partial charge is 0.226 e. The van der Waals surface area contributed by atoms with E-state index in [4.69, 9.17) is 9.47 Å². The van der Waals surface area contributed by atoms with Gasteiger partial charge in [-0.2, -0.15) is 0 Å². The van der Waals surface area contributed by atoms with Crippen LogP contribution in [-0.2, 0) is 9.59 Å². The van der Waals surface area contributed by atoms with E-state index in [1.807, 2.05) is 12.1 Å². The normalized spacial score (nSPS) is 31.4. The van der Waals surface area contributed by atoms with Gasteiger partial charge < -0.3 is 20.1 Å². The topological polar surface area (TPSA) is 76.7 Å². The minimum absolute atomic E-state index is 0.0502. The quantitative estimate of drug-likeness (QED) is 0.719. The number of fused-ring (bicyclic) bond motifs is 1. The molecule has 1 aliphatic heterocycles. The number of benzene rings is 1. The Bertz CT molecular complexity index is 771. The highest BCUT2D eigenvalue weighted by molar-refractivity contribution is 5.91. The van der Waals surface area contributed by atoms with Gasteiger partial charge in [-0.05, 0) is 74.8 Å². The summed E-state index contributed by atoms with van der Waals surface area (Å²) in [4.78, 5) is 25.2. The van der Waals surface area contributed by atoms with Gasteiger partial charge >= 0.3 is 0 Å². The summed E-state index contributed by atoms with van der Waals surface area (Å²) in [7, 11) is 0. The van der Waals surface area contributed by atoms with E-state index in [9.17, 15) is 9.59 Å². The summed E-state index contributed by atoms with van der Waals surface area (Å²) >= 11 is 0. The first-order chi connectivity index (χ1) is 14.1.